The molecule has 0 amide bonds. The van der Waals surface area contributed by atoms with Crippen LogP contribution in [0.2, 0.25) is 0 Å². The molecule has 248 valence electrons. The number of rotatable bonds is 0. The number of benzene rings is 2. The molecule has 52 heavy (non-hydrogen) atoms. The molecule has 4 heterocycles. The second kappa shape index (κ2) is 27.0. The third-order valence-electron chi connectivity index (χ3n) is 6.01. The Morgan fingerprint density at radius 3 is 0.635 bits per heavy atom. The fourth-order valence-electron chi connectivity index (χ4n) is 3.64. The lowest BCUT2D eigenvalue weighted by Gasteiger charge is -1.92. The number of hydrogen-bond acceptors (Lipinski definition) is 4. The van der Waals surface area contributed by atoms with Crippen molar-refractivity contribution in [3.63, 3.8) is 0 Å². The van der Waals surface area contributed by atoms with E-state index in [1.165, 1.54) is 0 Å². The van der Waals surface area contributed by atoms with Gasteiger partial charge in [0.1, 0.15) is 0 Å². The van der Waals surface area contributed by atoms with Gasteiger partial charge < -0.3 is 0 Å². The first-order chi connectivity index (χ1) is 25.7. The summed E-state index contributed by atoms with van der Waals surface area (Å²) in [5, 5.41) is 0. The monoisotopic (exact) mass is 1120 g/mol. The first-order valence-electron chi connectivity index (χ1n) is 15.0. The third-order valence-corrected chi connectivity index (χ3v) is 7.08. The van der Waals surface area contributed by atoms with Crippen molar-refractivity contribution in [3.8, 4) is 63.1 Å². The summed E-state index contributed by atoms with van der Waals surface area (Å²) in [7, 11) is 0. The summed E-state index contributed by atoms with van der Waals surface area (Å²) in [6, 6.07) is 30.8. The molecule has 4 nitrogen and oxygen atoms in total. The maximum Gasteiger partial charge on any atom is 0.0410 e. The Bertz CT molecular complexity index is 2030. The van der Waals surface area contributed by atoms with Gasteiger partial charge in [0.05, 0.1) is 0 Å². The van der Waals surface area contributed by atoms with Crippen LogP contribution in [0.1, 0.15) is 44.5 Å². The Labute approximate surface area is 360 Å². The lowest BCUT2D eigenvalue weighted by atomic mass is 10.1. The molecule has 6 rings (SSSR count). The molecule has 2 aromatic carbocycles. The molecule has 0 radical (unpaired) electrons. The Kier molecular flexibility index (Phi) is 21.7. The smallest absolute Gasteiger partial charge is 0.0410 e. The Morgan fingerprint density at radius 1 is 0.269 bits per heavy atom. The number of hydrogen-bond donors (Lipinski definition) is 0. The molecule has 0 aliphatic rings. The molecule has 0 aliphatic heterocycles. The number of halogens is 4. The maximum absolute atomic E-state index is 3.92. The molecule has 0 saturated heterocycles. The van der Waals surface area contributed by atoms with Gasteiger partial charge in [-0.05, 0) is 88.5 Å². The highest BCUT2D eigenvalue weighted by atomic mass is 127. The molecule has 6 aromatic rings. The van der Waals surface area contributed by atoms with Gasteiger partial charge in [-0.25, -0.2) is 0 Å². The highest BCUT2D eigenvalue weighted by Crippen LogP contribution is 2.07. The van der Waals surface area contributed by atoms with Crippen molar-refractivity contribution in [2.75, 3.05) is 0 Å². The summed E-state index contributed by atoms with van der Waals surface area (Å²) >= 11 is 8.10. The van der Waals surface area contributed by atoms with Gasteiger partial charge in [0, 0.05) is 184 Å². The van der Waals surface area contributed by atoms with Gasteiger partial charge in [-0.15, -0.1) is 0 Å². The zero-order chi connectivity index (χ0) is 36.9. The van der Waals surface area contributed by atoms with Crippen LogP contribution in [-0.2, 0) is 0 Å². The predicted octanol–water partition coefficient (Wildman–Crippen LogP) is 10.1. The van der Waals surface area contributed by atoms with Gasteiger partial charge in [-0.2, -0.15) is 0 Å². The van der Waals surface area contributed by atoms with Crippen molar-refractivity contribution in [1.29, 1.82) is 0 Å². The molecule has 0 aliphatic carbocycles. The van der Waals surface area contributed by atoms with Crippen molar-refractivity contribution in [1.82, 2.24) is 19.9 Å². The minimum atomic E-state index is 0.969. The highest BCUT2D eigenvalue weighted by Gasteiger charge is 1.94. The van der Waals surface area contributed by atoms with Crippen LogP contribution in [0, 0.1) is 63.1 Å². The minimum Gasteiger partial charge on any atom is -0.265 e. The summed E-state index contributed by atoms with van der Waals surface area (Å²) in [6.45, 7) is 0. The van der Waals surface area contributed by atoms with Crippen LogP contribution in [-0.4, -0.2) is 19.9 Å². The van der Waals surface area contributed by atoms with Gasteiger partial charge in [0.15, 0.2) is 0 Å². The van der Waals surface area contributed by atoms with Crippen molar-refractivity contribution >= 4 is 90.4 Å². The summed E-state index contributed by atoms with van der Waals surface area (Å²) in [4.78, 5) is 15.7. The van der Waals surface area contributed by atoms with Crippen LogP contribution in [0.4, 0.5) is 0 Å². The summed E-state index contributed by atoms with van der Waals surface area (Å²) in [5.74, 6) is 24.1. The topological polar surface area (TPSA) is 51.6 Å². The van der Waals surface area contributed by atoms with Gasteiger partial charge >= 0.3 is 0 Å². The average molecular weight is 1120 g/mol. The third kappa shape index (κ3) is 17.5. The normalized spacial score (nSPS) is 8.23. The summed E-state index contributed by atoms with van der Waals surface area (Å²) < 4.78 is 11.3. The van der Waals surface area contributed by atoms with Crippen molar-refractivity contribution in [3.05, 3.63) is 191 Å². The van der Waals surface area contributed by atoms with E-state index in [4.69, 9.17) is 0 Å². The first kappa shape index (κ1) is 41.7. The van der Waals surface area contributed by atoms with E-state index < -0.39 is 0 Å². The predicted molar refractivity (Wildman–Crippen MR) is 245 cm³/mol. The van der Waals surface area contributed by atoms with Gasteiger partial charge in [-0.1, -0.05) is 71.6 Å². The zero-order valence-electron chi connectivity index (χ0n) is 27.2. The van der Waals surface area contributed by atoms with Crippen LogP contribution < -0.4 is 0 Å². The molecular weight excluding hydrogens is 1090 g/mol. The molecule has 8 heteroatoms. The van der Waals surface area contributed by atoms with Crippen LogP contribution in [0.3, 0.4) is 0 Å². The van der Waals surface area contributed by atoms with E-state index in [-0.39, 0.29) is 0 Å². The second-order valence-corrected chi connectivity index (χ2v) is 11.6. The number of aromatic nitrogens is 4. The minimum absolute atomic E-state index is 0.969. The van der Waals surface area contributed by atoms with E-state index in [1.807, 2.05) is 187 Å². The first-order valence-corrected chi connectivity index (χ1v) is 19.3. The van der Waals surface area contributed by atoms with Crippen LogP contribution in [0.25, 0.3) is 0 Å². The van der Waals surface area contributed by atoms with Crippen LogP contribution in [0.15, 0.2) is 147 Å². The molecule has 0 atom stereocenters. The van der Waals surface area contributed by atoms with E-state index in [0.717, 1.165) is 44.5 Å². The van der Waals surface area contributed by atoms with Crippen molar-refractivity contribution in [2.24, 2.45) is 0 Å². The second-order valence-electron chi connectivity index (χ2n) is 9.41. The SMILES string of the molecule is C(#Cc1ccncc1)c1ccncc1.C(#Cc1ccncc1)c1ccncc1.IC#Cc1ccccc1C#CI.IC#Cc1ccccc1C#CI. The van der Waals surface area contributed by atoms with Crippen LogP contribution >= 0.6 is 90.4 Å². The van der Waals surface area contributed by atoms with E-state index in [9.17, 15) is 0 Å². The lowest BCUT2D eigenvalue weighted by Crippen LogP contribution is -1.80. The van der Waals surface area contributed by atoms with Gasteiger partial charge in [-0.3, -0.25) is 19.9 Å². The van der Waals surface area contributed by atoms with E-state index in [0.29, 0.717) is 0 Å². The molecule has 4 aromatic heterocycles. The standard InChI is InChI=1S/2C12H8N2.2C10H4I2/c2*1(11-3-7-13-8-4-11)2-12-5-9-14-10-6-12;2*11-7-5-9-3-1-2-4-10(9)6-8-12/h2*3-10H;2*1-4H. The fraction of sp³-hybridized carbons (Fsp3) is 0. The van der Waals surface area contributed by atoms with Crippen LogP contribution in [0.5, 0.6) is 0 Å². The van der Waals surface area contributed by atoms with Crippen molar-refractivity contribution in [2.45, 2.75) is 0 Å². The van der Waals surface area contributed by atoms with Crippen molar-refractivity contribution < 1.29 is 0 Å². The van der Waals surface area contributed by atoms with Gasteiger partial charge in [0.2, 0.25) is 0 Å². The number of nitrogens with zero attached hydrogens (tertiary/aromatic N) is 4. The molecule has 0 fully saturated rings. The highest BCUT2D eigenvalue weighted by molar-refractivity contribution is 14.1. The maximum atomic E-state index is 3.92. The Morgan fingerprint density at radius 2 is 0.462 bits per heavy atom. The fourth-order valence-corrected chi connectivity index (χ4v) is 4.80. The molecule has 0 saturated carbocycles. The quantitative estimate of drug-likeness (QED) is 0.112. The summed E-state index contributed by atoms with van der Waals surface area (Å²) in [6.07, 6.45) is 13.9. The lowest BCUT2D eigenvalue weighted by molar-refractivity contribution is 1.32. The van der Waals surface area contributed by atoms with Gasteiger partial charge in [0.25, 0.3) is 0 Å². The average Bonchev–Trinajstić information content (AvgIpc) is 3.21. The van der Waals surface area contributed by atoms with E-state index >= 15 is 0 Å². The molecule has 0 N–H and O–H groups in total. The Hall–Kier alpha value is -4.68. The Balaban J connectivity index is 0.000000188. The summed E-state index contributed by atoms with van der Waals surface area (Å²) in [5.41, 5.74) is 7.86. The van der Waals surface area contributed by atoms with E-state index in [2.05, 4.69) is 83.0 Å². The molecule has 0 spiro atoms. The zero-order valence-corrected chi connectivity index (χ0v) is 35.8. The molecule has 0 bridgehead atoms. The molecule has 0 unspecified atom stereocenters. The largest absolute Gasteiger partial charge is 0.265 e. The molecular formula is C44H24I4N4. The van der Waals surface area contributed by atoms with E-state index in [1.54, 1.807) is 49.6 Å². The number of pyridine rings is 4.